The van der Waals surface area contributed by atoms with Gasteiger partial charge in [-0.05, 0) is 44.2 Å². The molecule has 1 amide bonds. The quantitative estimate of drug-likeness (QED) is 0.599. The number of carboxylic acids is 1. The molecule has 8 nitrogen and oxygen atoms in total. The fourth-order valence-corrected chi connectivity index (χ4v) is 3.89. The SMILES string of the molecule is Cc1ccc(-c2cc(C)nn2-c2ccc(S(=O)(=O)NC(=O)CCC(=O)O)cc2)cc1. The molecule has 0 aliphatic carbocycles. The number of nitrogens with zero attached hydrogens (tertiary/aromatic N) is 2. The van der Waals surface area contributed by atoms with Crippen LogP contribution in [0, 0.1) is 13.8 Å². The van der Waals surface area contributed by atoms with E-state index in [2.05, 4.69) is 5.10 Å². The molecule has 1 aromatic heterocycles. The van der Waals surface area contributed by atoms with Crippen LogP contribution in [-0.4, -0.2) is 35.2 Å². The number of carboxylic acid groups (broad SMARTS) is 1. The van der Waals surface area contributed by atoms with Crippen LogP contribution in [0.1, 0.15) is 24.1 Å². The molecule has 30 heavy (non-hydrogen) atoms. The maximum absolute atomic E-state index is 12.4. The fraction of sp³-hybridized carbons (Fsp3) is 0.190. The molecule has 3 aromatic rings. The van der Waals surface area contributed by atoms with Crippen molar-refractivity contribution < 1.29 is 23.1 Å². The molecule has 0 aliphatic rings. The van der Waals surface area contributed by atoms with E-state index in [0.717, 1.165) is 22.5 Å². The van der Waals surface area contributed by atoms with Gasteiger partial charge in [0.25, 0.3) is 10.0 Å². The van der Waals surface area contributed by atoms with Gasteiger partial charge in [0, 0.05) is 12.0 Å². The van der Waals surface area contributed by atoms with E-state index in [4.69, 9.17) is 5.11 Å². The number of benzene rings is 2. The highest BCUT2D eigenvalue weighted by Crippen LogP contribution is 2.25. The number of aryl methyl sites for hydroxylation is 2. The largest absolute Gasteiger partial charge is 0.481 e. The maximum atomic E-state index is 12.4. The third kappa shape index (κ3) is 4.93. The van der Waals surface area contributed by atoms with Crippen LogP contribution in [0.2, 0.25) is 0 Å². The zero-order valence-electron chi connectivity index (χ0n) is 16.5. The number of sulfonamides is 1. The van der Waals surface area contributed by atoms with Crippen LogP contribution < -0.4 is 4.72 Å². The van der Waals surface area contributed by atoms with Crippen LogP contribution in [0.5, 0.6) is 0 Å². The van der Waals surface area contributed by atoms with Gasteiger partial charge in [-0.25, -0.2) is 17.8 Å². The fourth-order valence-electron chi connectivity index (χ4n) is 2.87. The molecule has 0 aliphatic heterocycles. The topological polar surface area (TPSA) is 118 Å². The Hall–Kier alpha value is -3.46. The number of amides is 1. The second kappa shape index (κ2) is 8.50. The van der Waals surface area contributed by atoms with Gasteiger partial charge in [0.2, 0.25) is 5.91 Å². The van der Waals surface area contributed by atoms with E-state index in [1.165, 1.54) is 12.1 Å². The second-order valence-corrected chi connectivity index (χ2v) is 8.55. The normalized spacial score (nSPS) is 11.3. The zero-order chi connectivity index (χ0) is 21.9. The van der Waals surface area contributed by atoms with Crippen molar-refractivity contribution in [2.75, 3.05) is 0 Å². The van der Waals surface area contributed by atoms with Crippen molar-refractivity contribution in [1.29, 1.82) is 0 Å². The summed E-state index contributed by atoms with van der Waals surface area (Å²) in [6.07, 6.45) is -0.861. The molecular formula is C21H21N3O5S. The van der Waals surface area contributed by atoms with Gasteiger partial charge >= 0.3 is 5.97 Å². The Labute approximate surface area is 174 Å². The van der Waals surface area contributed by atoms with Crippen LogP contribution in [0.15, 0.2) is 59.5 Å². The number of nitrogens with one attached hydrogen (secondary N) is 1. The third-order valence-electron chi connectivity index (χ3n) is 4.38. The van der Waals surface area contributed by atoms with E-state index in [9.17, 15) is 18.0 Å². The molecule has 0 unspecified atom stereocenters. The molecule has 156 valence electrons. The molecule has 0 fully saturated rings. The van der Waals surface area contributed by atoms with Crippen molar-refractivity contribution in [2.45, 2.75) is 31.6 Å². The van der Waals surface area contributed by atoms with Crippen molar-refractivity contribution in [1.82, 2.24) is 14.5 Å². The molecule has 9 heteroatoms. The Kier molecular flexibility index (Phi) is 6.02. The van der Waals surface area contributed by atoms with Gasteiger partial charge in [-0.1, -0.05) is 29.8 Å². The van der Waals surface area contributed by atoms with E-state index in [-0.39, 0.29) is 4.90 Å². The minimum Gasteiger partial charge on any atom is -0.481 e. The third-order valence-corrected chi connectivity index (χ3v) is 5.77. The lowest BCUT2D eigenvalue weighted by molar-refractivity contribution is -0.138. The highest BCUT2D eigenvalue weighted by atomic mass is 32.2. The number of aromatic nitrogens is 2. The van der Waals surface area contributed by atoms with E-state index in [1.54, 1.807) is 16.8 Å². The average Bonchev–Trinajstić information content (AvgIpc) is 3.08. The number of hydrogen-bond donors (Lipinski definition) is 2. The van der Waals surface area contributed by atoms with Crippen LogP contribution >= 0.6 is 0 Å². The van der Waals surface area contributed by atoms with Gasteiger partial charge in [0.05, 0.1) is 28.4 Å². The van der Waals surface area contributed by atoms with Crippen molar-refractivity contribution in [3.63, 3.8) is 0 Å². The van der Waals surface area contributed by atoms with Crippen molar-refractivity contribution in [3.05, 3.63) is 65.9 Å². The minimum atomic E-state index is -4.09. The summed E-state index contributed by atoms with van der Waals surface area (Å²) < 4.78 is 28.3. The Bertz CT molecular complexity index is 1180. The van der Waals surface area contributed by atoms with E-state index < -0.39 is 34.7 Å². The smallest absolute Gasteiger partial charge is 0.303 e. The summed E-state index contributed by atoms with van der Waals surface area (Å²) in [5.74, 6) is -2.04. The maximum Gasteiger partial charge on any atom is 0.303 e. The molecule has 1 heterocycles. The first kappa shape index (κ1) is 21.3. The number of carbonyl (C=O) groups excluding carboxylic acids is 1. The second-order valence-electron chi connectivity index (χ2n) is 6.87. The summed E-state index contributed by atoms with van der Waals surface area (Å²) in [5, 5.41) is 13.1. The minimum absolute atomic E-state index is 0.101. The van der Waals surface area contributed by atoms with Crippen molar-refractivity contribution >= 4 is 21.9 Å². The standard InChI is InChI=1S/C21H21N3O5S/c1-14-3-5-16(6-4-14)19-13-15(2)22-24(19)17-7-9-18(10-8-17)30(28,29)23-20(25)11-12-21(26)27/h3-10,13H,11-12H2,1-2H3,(H,23,25)(H,26,27). The molecule has 0 saturated carbocycles. The molecule has 0 saturated heterocycles. The average molecular weight is 427 g/mol. The Morgan fingerprint density at radius 2 is 1.63 bits per heavy atom. The van der Waals surface area contributed by atoms with Crippen LogP contribution in [-0.2, 0) is 19.6 Å². The Morgan fingerprint density at radius 3 is 2.23 bits per heavy atom. The van der Waals surface area contributed by atoms with E-state index in [0.29, 0.717) is 5.69 Å². The number of aliphatic carboxylic acids is 1. The van der Waals surface area contributed by atoms with Gasteiger partial charge in [0.15, 0.2) is 0 Å². The molecule has 0 radical (unpaired) electrons. The monoisotopic (exact) mass is 427 g/mol. The molecular weight excluding hydrogens is 406 g/mol. The lowest BCUT2D eigenvalue weighted by Gasteiger charge is -2.10. The molecule has 3 rings (SSSR count). The van der Waals surface area contributed by atoms with Gasteiger partial charge in [-0.3, -0.25) is 9.59 Å². The summed E-state index contributed by atoms with van der Waals surface area (Å²) in [6, 6.07) is 15.9. The first-order valence-corrected chi connectivity index (χ1v) is 10.7. The number of carbonyl (C=O) groups is 2. The van der Waals surface area contributed by atoms with Crippen LogP contribution in [0.3, 0.4) is 0 Å². The lowest BCUT2D eigenvalue weighted by Crippen LogP contribution is -2.30. The lowest BCUT2D eigenvalue weighted by atomic mass is 10.1. The van der Waals surface area contributed by atoms with Crippen molar-refractivity contribution in [2.24, 2.45) is 0 Å². The Balaban J connectivity index is 1.85. The van der Waals surface area contributed by atoms with Crippen molar-refractivity contribution in [3.8, 4) is 16.9 Å². The van der Waals surface area contributed by atoms with E-state index >= 15 is 0 Å². The summed E-state index contributed by atoms with van der Waals surface area (Å²) in [5.41, 5.74) is 4.46. The predicted molar refractivity (Wildman–Crippen MR) is 111 cm³/mol. The predicted octanol–water partition coefficient (Wildman–Crippen LogP) is 2.83. The first-order chi connectivity index (χ1) is 14.2. The first-order valence-electron chi connectivity index (χ1n) is 9.17. The highest BCUT2D eigenvalue weighted by molar-refractivity contribution is 7.90. The van der Waals surface area contributed by atoms with Gasteiger partial charge in [-0.2, -0.15) is 5.10 Å². The number of hydrogen-bond acceptors (Lipinski definition) is 5. The molecule has 0 spiro atoms. The van der Waals surface area contributed by atoms with Gasteiger partial charge in [-0.15, -0.1) is 0 Å². The number of rotatable bonds is 7. The zero-order valence-corrected chi connectivity index (χ0v) is 17.3. The summed E-state index contributed by atoms with van der Waals surface area (Å²) >= 11 is 0. The summed E-state index contributed by atoms with van der Waals surface area (Å²) in [7, 11) is -4.09. The van der Waals surface area contributed by atoms with Crippen LogP contribution in [0.4, 0.5) is 0 Å². The summed E-state index contributed by atoms with van der Waals surface area (Å²) in [4.78, 5) is 22.1. The summed E-state index contributed by atoms with van der Waals surface area (Å²) in [6.45, 7) is 3.88. The Morgan fingerprint density at radius 1 is 1.00 bits per heavy atom. The van der Waals surface area contributed by atoms with E-state index in [1.807, 2.05) is 48.9 Å². The van der Waals surface area contributed by atoms with Crippen LogP contribution in [0.25, 0.3) is 16.9 Å². The molecule has 0 bridgehead atoms. The molecule has 0 atom stereocenters. The highest BCUT2D eigenvalue weighted by Gasteiger charge is 2.19. The van der Waals surface area contributed by atoms with Gasteiger partial charge < -0.3 is 5.11 Å². The molecule has 2 aromatic carbocycles. The van der Waals surface area contributed by atoms with Gasteiger partial charge in [0.1, 0.15) is 0 Å². The molecule has 2 N–H and O–H groups in total.